The molecule has 1 aliphatic rings. The molecule has 116 valence electrons. The van der Waals surface area contributed by atoms with Crippen LogP contribution in [0.15, 0.2) is 42.5 Å². The van der Waals surface area contributed by atoms with Crippen molar-refractivity contribution in [2.45, 2.75) is 25.7 Å². The van der Waals surface area contributed by atoms with Gasteiger partial charge < -0.3 is 5.73 Å². The van der Waals surface area contributed by atoms with Crippen LogP contribution in [-0.4, -0.2) is 11.4 Å². The highest BCUT2D eigenvalue weighted by Gasteiger charge is 2.33. The first-order chi connectivity index (χ1) is 10.4. The molecule has 0 fully saturated rings. The number of benzene rings is 2. The van der Waals surface area contributed by atoms with Gasteiger partial charge in [0.05, 0.1) is 5.56 Å². The first-order valence-electron chi connectivity index (χ1n) is 7.18. The Labute approximate surface area is 127 Å². The fourth-order valence-corrected chi connectivity index (χ4v) is 2.94. The maximum absolute atomic E-state index is 13.1. The summed E-state index contributed by atoms with van der Waals surface area (Å²) in [4.78, 5) is 2.04. The summed E-state index contributed by atoms with van der Waals surface area (Å²) in [7, 11) is 0. The molecular formula is C17H17F3N2. The Kier molecular flexibility index (Phi) is 3.83. The van der Waals surface area contributed by atoms with Crippen LogP contribution in [0.1, 0.15) is 22.3 Å². The molecule has 0 spiro atoms. The number of nitrogens with zero attached hydrogens (tertiary/aromatic N) is 1. The van der Waals surface area contributed by atoms with Crippen molar-refractivity contribution in [2.75, 3.05) is 12.3 Å². The zero-order valence-electron chi connectivity index (χ0n) is 12.0. The normalized spacial score (nSPS) is 15.6. The first kappa shape index (κ1) is 14.9. The van der Waals surface area contributed by atoms with E-state index in [0.717, 1.165) is 30.3 Å². The van der Waals surface area contributed by atoms with Crippen LogP contribution in [0.25, 0.3) is 0 Å². The van der Waals surface area contributed by atoms with Gasteiger partial charge in [-0.1, -0.05) is 24.3 Å². The van der Waals surface area contributed by atoms with Crippen molar-refractivity contribution in [2.24, 2.45) is 0 Å². The maximum Gasteiger partial charge on any atom is 0.416 e. The summed E-state index contributed by atoms with van der Waals surface area (Å²) in [6, 6.07) is 11.5. The summed E-state index contributed by atoms with van der Waals surface area (Å²) in [6.45, 7) is 1.70. The highest BCUT2D eigenvalue weighted by molar-refractivity contribution is 5.45. The monoisotopic (exact) mass is 306 g/mol. The average molecular weight is 306 g/mol. The Morgan fingerprint density at radius 1 is 1.05 bits per heavy atom. The van der Waals surface area contributed by atoms with Crippen LogP contribution in [0.2, 0.25) is 0 Å². The van der Waals surface area contributed by atoms with Gasteiger partial charge in [-0.3, -0.25) is 4.90 Å². The Morgan fingerprint density at radius 2 is 1.82 bits per heavy atom. The molecule has 2 aromatic carbocycles. The van der Waals surface area contributed by atoms with Gasteiger partial charge in [0.1, 0.15) is 0 Å². The number of nitrogen functional groups attached to an aromatic ring is 1. The molecule has 0 amide bonds. The molecule has 2 nitrogen and oxygen atoms in total. The van der Waals surface area contributed by atoms with Crippen molar-refractivity contribution in [3.63, 3.8) is 0 Å². The van der Waals surface area contributed by atoms with E-state index < -0.39 is 11.7 Å². The molecule has 1 aliphatic heterocycles. The van der Waals surface area contributed by atoms with Crippen molar-refractivity contribution in [3.8, 4) is 0 Å². The van der Waals surface area contributed by atoms with E-state index in [9.17, 15) is 13.2 Å². The Balaban J connectivity index is 1.80. The van der Waals surface area contributed by atoms with E-state index in [0.29, 0.717) is 18.7 Å². The van der Waals surface area contributed by atoms with E-state index in [-0.39, 0.29) is 0 Å². The fourth-order valence-electron chi connectivity index (χ4n) is 2.94. The zero-order chi connectivity index (χ0) is 15.7. The second-order valence-corrected chi connectivity index (χ2v) is 5.64. The molecule has 2 N–H and O–H groups in total. The van der Waals surface area contributed by atoms with Crippen LogP contribution >= 0.6 is 0 Å². The third kappa shape index (κ3) is 3.09. The number of alkyl halides is 3. The Hall–Kier alpha value is -2.01. The largest absolute Gasteiger partial charge is 0.416 e. The minimum atomic E-state index is -4.31. The van der Waals surface area contributed by atoms with Gasteiger partial charge in [0.25, 0.3) is 0 Å². The number of nitrogens with two attached hydrogens (primary N) is 1. The third-order valence-corrected chi connectivity index (χ3v) is 4.04. The lowest BCUT2D eigenvalue weighted by Gasteiger charge is -2.29. The maximum atomic E-state index is 13.1. The molecule has 0 aliphatic carbocycles. The van der Waals surface area contributed by atoms with Crippen LogP contribution in [0.3, 0.4) is 0 Å². The molecule has 5 heteroatoms. The molecule has 0 radical (unpaired) electrons. The molecule has 0 aromatic heterocycles. The van der Waals surface area contributed by atoms with Crippen molar-refractivity contribution in [1.82, 2.24) is 4.90 Å². The first-order valence-corrected chi connectivity index (χ1v) is 7.18. The summed E-state index contributed by atoms with van der Waals surface area (Å²) in [5.41, 5.74) is 8.62. The topological polar surface area (TPSA) is 29.3 Å². The predicted molar refractivity (Wildman–Crippen MR) is 80.1 cm³/mol. The van der Waals surface area contributed by atoms with Crippen LogP contribution in [-0.2, 0) is 25.7 Å². The van der Waals surface area contributed by atoms with E-state index in [1.807, 2.05) is 23.1 Å². The lowest BCUT2D eigenvalue weighted by molar-refractivity contribution is -0.138. The molecule has 2 aromatic rings. The molecule has 3 rings (SSSR count). The molecule has 0 atom stereocenters. The third-order valence-electron chi connectivity index (χ3n) is 4.04. The number of halogens is 3. The summed E-state index contributed by atoms with van der Waals surface area (Å²) >= 11 is 0. The van der Waals surface area contributed by atoms with Crippen molar-refractivity contribution in [1.29, 1.82) is 0 Å². The standard InChI is InChI=1S/C17H17F3N2/c18-17(19,20)16-4-2-1-3-14(16)11-22-8-7-12-9-15(21)6-5-13(12)10-22/h1-6,9H,7-8,10-11,21H2. The van der Waals surface area contributed by atoms with E-state index in [2.05, 4.69) is 0 Å². The van der Waals surface area contributed by atoms with E-state index in [1.165, 1.54) is 11.6 Å². The Bertz CT molecular complexity index is 680. The lowest BCUT2D eigenvalue weighted by atomic mass is 9.98. The molecular weight excluding hydrogens is 289 g/mol. The number of hydrogen-bond acceptors (Lipinski definition) is 2. The van der Waals surface area contributed by atoms with Crippen LogP contribution < -0.4 is 5.73 Å². The van der Waals surface area contributed by atoms with Gasteiger partial charge in [-0.25, -0.2) is 0 Å². The highest BCUT2D eigenvalue weighted by Crippen LogP contribution is 2.33. The second kappa shape index (κ2) is 5.65. The summed E-state index contributed by atoms with van der Waals surface area (Å²) in [6.07, 6.45) is -3.49. The number of fused-ring (bicyclic) bond motifs is 1. The molecule has 0 saturated heterocycles. The minimum Gasteiger partial charge on any atom is -0.399 e. The van der Waals surface area contributed by atoms with Crippen LogP contribution in [0, 0.1) is 0 Å². The molecule has 0 unspecified atom stereocenters. The zero-order valence-corrected chi connectivity index (χ0v) is 12.0. The van der Waals surface area contributed by atoms with Gasteiger partial charge in [0.2, 0.25) is 0 Å². The van der Waals surface area contributed by atoms with Gasteiger partial charge in [-0.2, -0.15) is 13.2 Å². The number of rotatable bonds is 2. The quantitative estimate of drug-likeness (QED) is 0.854. The van der Waals surface area contributed by atoms with Crippen LogP contribution in [0.4, 0.5) is 18.9 Å². The minimum absolute atomic E-state index is 0.305. The fraction of sp³-hybridized carbons (Fsp3) is 0.294. The van der Waals surface area contributed by atoms with E-state index in [1.54, 1.807) is 12.1 Å². The van der Waals surface area contributed by atoms with Gasteiger partial charge in [-0.05, 0) is 41.3 Å². The molecule has 1 heterocycles. The second-order valence-electron chi connectivity index (χ2n) is 5.64. The van der Waals surface area contributed by atoms with Gasteiger partial charge in [-0.15, -0.1) is 0 Å². The molecule has 22 heavy (non-hydrogen) atoms. The van der Waals surface area contributed by atoms with Gasteiger partial charge >= 0.3 is 6.18 Å². The van der Waals surface area contributed by atoms with Crippen molar-refractivity contribution >= 4 is 5.69 Å². The number of anilines is 1. The van der Waals surface area contributed by atoms with E-state index >= 15 is 0 Å². The number of hydrogen-bond donors (Lipinski definition) is 1. The summed E-state index contributed by atoms with van der Waals surface area (Å²) in [5.74, 6) is 0. The lowest BCUT2D eigenvalue weighted by Crippen LogP contribution is -2.31. The van der Waals surface area contributed by atoms with E-state index in [4.69, 9.17) is 5.73 Å². The average Bonchev–Trinajstić information content (AvgIpc) is 2.47. The van der Waals surface area contributed by atoms with Crippen molar-refractivity contribution in [3.05, 3.63) is 64.7 Å². The van der Waals surface area contributed by atoms with Crippen molar-refractivity contribution < 1.29 is 13.2 Å². The molecule has 0 saturated carbocycles. The predicted octanol–water partition coefficient (Wildman–Crippen LogP) is 3.85. The summed E-state index contributed by atoms with van der Waals surface area (Å²) in [5, 5.41) is 0. The molecule has 0 bridgehead atoms. The summed E-state index contributed by atoms with van der Waals surface area (Å²) < 4.78 is 39.2. The van der Waals surface area contributed by atoms with Gasteiger partial charge in [0, 0.05) is 25.3 Å². The van der Waals surface area contributed by atoms with Gasteiger partial charge in [0.15, 0.2) is 0 Å². The van der Waals surface area contributed by atoms with Crippen LogP contribution in [0.5, 0.6) is 0 Å². The SMILES string of the molecule is Nc1ccc2c(c1)CCN(Cc1ccccc1C(F)(F)F)C2. The smallest absolute Gasteiger partial charge is 0.399 e. The Morgan fingerprint density at radius 3 is 2.59 bits per heavy atom. The highest BCUT2D eigenvalue weighted by atomic mass is 19.4.